The van der Waals surface area contributed by atoms with E-state index >= 15 is 0 Å². The van der Waals surface area contributed by atoms with Gasteiger partial charge in [-0.3, -0.25) is 0 Å². The summed E-state index contributed by atoms with van der Waals surface area (Å²) in [6.07, 6.45) is 0. The van der Waals surface area contributed by atoms with Crippen LogP contribution in [-0.2, 0) is 46.7 Å². The maximum Gasteiger partial charge on any atom is 0.137 e. The Labute approximate surface area is 796 Å². The van der Waals surface area contributed by atoms with Gasteiger partial charge in [0.25, 0.3) is 0 Å². The number of benzene rings is 14. The van der Waals surface area contributed by atoms with Crippen molar-refractivity contribution in [3.63, 3.8) is 0 Å². The number of hydrogen-bond acceptors (Lipinski definition) is 0. The van der Waals surface area contributed by atoms with Crippen LogP contribution in [0.15, 0.2) is 391 Å². The molecule has 14 aromatic carbocycles. The van der Waals surface area contributed by atoms with Crippen LogP contribution >= 0.6 is 159 Å². The van der Waals surface area contributed by atoms with E-state index in [1.165, 1.54) is 78.9 Å². The van der Waals surface area contributed by atoms with Crippen LogP contribution < -0.4 is 0 Å². The molecule has 0 N–H and O–H groups in total. The van der Waals surface area contributed by atoms with E-state index in [-0.39, 0.29) is 83.8 Å². The Bertz CT molecular complexity index is 4460. The zero-order valence-electron chi connectivity index (χ0n) is 63.4. The van der Waals surface area contributed by atoms with Crippen molar-refractivity contribution < 1.29 is 61.5 Å². The molecular weight excluding hydrogens is 2240 g/mol. The first-order chi connectivity index (χ1) is 56.5. The molecule has 0 heterocycles. The Balaban J connectivity index is -0.000000613. The molecule has 0 aliphatic carbocycles. The normalized spacial score (nSPS) is 9.07. The van der Waals surface area contributed by atoms with Gasteiger partial charge in [0.05, 0.1) is 4.47 Å². The van der Waals surface area contributed by atoms with Crippen LogP contribution in [0.5, 0.6) is 0 Å². The lowest BCUT2D eigenvalue weighted by atomic mass is 10.2. The summed E-state index contributed by atoms with van der Waals surface area (Å²) in [5, 5.41) is 0. The van der Waals surface area contributed by atoms with Gasteiger partial charge < -0.3 is 0 Å². The van der Waals surface area contributed by atoms with Crippen molar-refractivity contribution in [3.05, 3.63) is 487 Å². The van der Waals surface area contributed by atoms with Crippen molar-refractivity contribution >= 4 is 159 Å². The fourth-order valence-electron chi connectivity index (χ4n) is 7.64. The SMILES string of the molecule is C.C.C.C.Cc1ccc(F)cc1.Cc1ccc(F)cc1.Cc1ccc(F)cc1Br.FCc1cccc(Br)c1.FCc1cccc(Br)c1.FCc1ccccc1Br.FCc1ccccc1Br.FCc1ccccc1Br.FCc1ccccc1Br.FCc1ccccc1Br.Fc1cccc(Br)c1.Fc1ccccc1.Fc1ccccc1.Fc1ccccc1Br. The Morgan fingerprint density at radius 2 is 0.418 bits per heavy atom. The molecule has 122 heavy (non-hydrogen) atoms. The number of halogens is 24. The summed E-state index contributed by atoms with van der Waals surface area (Å²) in [5.41, 5.74) is 8.19. The van der Waals surface area contributed by atoms with E-state index in [1.54, 1.807) is 152 Å². The molecule has 0 atom stereocenters. The average Bonchev–Trinajstić information content (AvgIpc) is 0.493. The maximum absolute atomic E-state index is 12.3. The molecule has 0 amide bonds. The maximum atomic E-state index is 12.3. The second-order valence-electron chi connectivity index (χ2n) is 23.1. The zero-order valence-corrected chi connectivity index (χ0v) is 79.3. The van der Waals surface area contributed by atoms with E-state index in [4.69, 9.17) is 0 Å². The Morgan fingerprint density at radius 1 is 0.189 bits per heavy atom. The highest BCUT2D eigenvalue weighted by atomic mass is 79.9. The molecule has 14 aromatic rings. The van der Waals surface area contributed by atoms with Crippen molar-refractivity contribution in [2.45, 2.75) is 97.2 Å². The summed E-state index contributed by atoms with van der Waals surface area (Å²) < 4.78 is 176. The van der Waals surface area contributed by atoms with Crippen molar-refractivity contribution in [2.24, 2.45) is 0 Å². The fourth-order valence-corrected chi connectivity index (χ4v) is 11.5. The molecular formula is C98H96Br10F14. The minimum Gasteiger partial charge on any atom is -0.246 e. The minimum atomic E-state index is -0.401. The topological polar surface area (TPSA) is 0 Å². The molecule has 0 unspecified atom stereocenters. The van der Waals surface area contributed by atoms with Crippen LogP contribution in [-0.4, -0.2) is 0 Å². The van der Waals surface area contributed by atoms with Gasteiger partial charge in [0.15, 0.2) is 0 Å². The highest BCUT2D eigenvalue weighted by Crippen LogP contribution is 2.22. The summed E-state index contributed by atoms with van der Waals surface area (Å²) in [7, 11) is 0. The van der Waals surface area contributed by atoms with Crippen molar-refractivity contribution in [3.8, 4) is 0 Å². The van der Waals surface area contributed by atoms with Gasteiger partial charge in [-0.1, -0.05) is 384 Å². The van der Waals surface area contributed by atoms with E-state index in [0.29, 0.717) is 43.4 Å². The third-order valence-electron chi connectivity index (χ3n) is 13.8. The first-order valence-electron chi connectivity index (χ1n) is 34.7. The van der Waals surface area contributed by atoms with Gasteiger partial charge >= 0.3 is 0 Å². The third kappa shape index (κ3) is 61.3. The Kier molecular flexibility index (Phi) is 75.8. The minimum absolute atomic E-state index is 0. The number of alkyl halides is 7. The Morgan fingerprint density at radius 3 is 0.590 bits per heavy atom. The smallest absolute Gasteiger partial charge is 0.137 e. The molecule has 0 fully saturated rings. The molecule has 0 saturated carbocycles. The fraction of sp³-hybridized carbons (Fsp3) is 0.143. The van der Waals surface area contributed by atoms with Crippen molar-refractivity contribution in [2.75, 3.05) is 0 Å². The lowest BCUT2D eigenvalue weighted by Gasteiger charge is -1.94. The molecule has 0 nitrogen and oxygen atoms in total. The Hall–Kier alpha value is -7.10. The molecule has 0 radical (unpaired) electrons. The number of hydrogen-bond donors (Lipinski definition) is 0. The van der Waals surface area contributed by atoms with Gasteiger partial charge in [-0.25, -0.2) is 61.5 Å². The summed E-state index contributed by atoms with van der Waals surface area (Å²) >= 11 is 31.9. The van der Waals surface area contributed by atoms with E-state index < -0.39 is 33.4 Å². The van der Waals surface area contributed by atoms with Crippen LogP contribution in [0.2, 0.25) is 0 Å². The molecule has 0 aliphatic rings. The second kappa shape index (κ2) is 76.3. The van der Waals surface area contributed by atoms with Gasteiger partial charge in [0.2, 0.25) is 0 Å². The predicted octanol–water partition coefficient (Wildman–Crippen LogP) is 39.0. The molecule has 656 valence electrons. The average molecular weight is 2340 g/mol. The summed E-state index contributed by atoms with van der Waals surface area (Å²) in [6, 6.07) is 96.8. The summed E-state index contributed by atoms with van der Waals surface area (Å²) in [5.74, 6) is -1.32. The van der Waals surface area contributed by atoms with Crippen LogP contribution in [0.25, 0.3) is 0 Å². The van der Waals surface area contributed by atoms with Crippen LogP contribution in [0.3, 0.4) is 0 Å². The predicted molar refractivity (Wildman–Crippen MR) is 522 cm³/mol. The van der Waals surface area contributed by atoms with Crippen LogP contribution in [0.1, 0.15) is 85.3 Å². The highest BCUT2D eigenvalue weighted by Gasteiger charge is 2.00. The van der Waals surface area contributed by atoms with Gasteiger partial charge in [0.1, 0.15) is 87.4 Å². The third-order valence-corrected chi connectivity index (χ3v) is 20.7. The molecule has 0 saturated heterocycles. The lowest BCUT2D eigenvalue weighted by Crippen LogP contribution is -1.77. The number of aryl methyl sites for hydroxylation is 3. The molecule has 0 aromatic heterocycles. The van der Waals surface area contributed by atoms with Crippen molar-refractivity contribution in [1.29, 1.82) is 0 Å². The highest BCUT2D eigenvalue weighted by molar-refractivity contribution is 9.12. The van der Waals surface area contributed by atoms with Crippen molar-refractivity contribution in [1.82, 2.24) is 0 Å². The van der Waals surface area contributed by atoms with Gasteiger partial charge in [-0.15, -0.1) is 0 Å². The van der Waals surface area contributed by atoms with E-state index in [1.807, 2.05) is 136 Å². The van der Waals surface area contributed by atoms with E-state index in [0.717, 1.165) is 56.9 Å². The molecule has 14 rings (SSSR count). The monoisotopic (exact) mass is 2330 g/mol. The molecule has 24 heteroatoms. The van der Waals surface area contributed by atoms with Gasteiger partial charge in [-0.2, -0.15) is 0 Å². The van der Waals surface area contributed by atoms with Crippen LogP contribution in [0.4, 0.5) is 61.5 Å². The molecule has 0 spiro atoms. The molecule has 0 bridgehead atoms. The molecule has 0 aliphatic heterocycles. The number of rotatable bonds is 7. The second-order valence-corrected chi connectivity index (χ2v) is 31.8. The first-order valence-corrected chi connectivity index (χ1v) is 42.6. The van der Waals surface area contributed by atoms with E-state index in [2.05, 4.69) is 159 Å². The summed E-state index contributed by atoms with van der Waals surface area (Å²) in [6.45, 7) is 2.99. The van der Waals surface area contributed by atoms with E-state index in [9.17, 15) is 61.5 Å². The first kappa shape index (κ1) is 121. The largest absolute Gasteiger partial charge is 0.246 e. The van der Waals surface area contributed by atoms with Gasteiger partial charge in [-0.05, 0) is 227 Å². The quantitative estimate of drug-likeness (QED) is 0.140. The van der Waals surface area contributed by atoms with Gasteiger partial charge in [0, 0.05) is 40.3 Å². The summed E-state index contributed by atoms with van der Waals surface area (Å²) in [4.78, 5) is 0. The zero-order chi connectivity index (χ0) is 87.8. The standard InChI is InChI=1S/8C7H6BrF.2C7H7F.2C6H4BrF.2C6H5F.4CH4/c1-5-2-3-6(9)4-7(5)8;2*8-7-3-1-2-6(4-7)5-9;5*8-7-4-2-1-3-6(7)5-9;2*1-6-2-4-7(8)5-3-6;7-5-2-1-3-6(8)4-5;7-5-3-1-2-4-6(5)8;2*7-6-4-2-1-3-5-6;;;;/h2-4H,1H3;7*1-4H,5H2;2*2-5H,1H3;2*1-4H;2*1-5H;4*1H4. The lowest BCUT2D eigenvalue weighted by molar-refractivity contribution is 0.484. The van der Waals surface area contributed by atoms with Crippen LogP contribution in [0, 0.1) is 61.5 Å².